The first-order valence-corrected chi connectivity index (χ1v) is 9.24. The van der Waals surface area contributed by atoms with E-state index in [1.54, 1.807) is 0 Å². The Morgan fingerprint density at radius 3 is 2.08 bits per heavy atom. The minimum atomic E-state index is -0.110. The van der Waals surface area contributed by atoms with Gasteiger partial charge in [0.05, 0.1) is 23.1 Å². The number of pyridine rings is 2. The van der Waals surface area contributed by atoms with Crippen molar-refractivity contribution in [3.05, 3.63) is 36.7 Å². The van der Waals surface area contributed by atoms with Crippen LogP contribution in [0, 0.1) is 0 Å². The highest BCUT2D eigenvalue weighted by Crippen LogP contribution is 2.43. The zero-order chi connectivity index (χ0) is 18.6. The van der Waals surface area contributed by atoms with Crippen LogP contribution in [0.3, 0.4) is 0 Å². The molecular weight excluding hydrogens is 324 g/mol. The first-order valence-electron chi connectivity index (χ1n) is 9.24. The predicted molar refractivity (Wildman–Crippen MR) is 108 cm³/mol. The fourth-order valence-electron chi connectivity index (χ4n) is 4.37. The summed E-state index contributed by atoms with van der Waals surface area (Å²) in [5, 5.41) is 0. The highest BCUT2D eigenvalue weighted by molar-refractivity contribution is 5.76. The molecular formula is C20H28N6. The second-order valence-electron chi connectivity index (χ2n) is 7.99. The van der Waals surface area contributed by atoms with E-state index >= 15 is 0 Å². The van der Waals surface area contributed by atoms with Gasteiger partial charge in [-0.25, -0.2) is 9.97 Å². The van der Waals surface area contributed by atoms with Gasteiger partial charge < -0.3 is 19.6 Å². The van der Waals surface area contributed by atoms with Crippen LogP contribution < -0.4 is 19.6 Å². The average molecular weight is 352 g/mol. The molecule has 2 atom stereocenters. The third-order valence-corrected chi connectivity index (χ3v) is 5.95. The molecule has 2 aromatic rings. The van der Waals surface area contributed by atoms with E-state index in [1.807, 2.05) is 24.5 Å². The molecule has 0 unspecified atom stereocenters. The predicted octanol–water partition coefficient (Wildman–Crippen LogP) is 3.16. The smallest absolute Gasteiger partial charge is 0.154 e. The van der Waals surface area contributed by atoms with Crippen molar-refractivity contribution in [1.29, 1.82) is 0 Å². The lowest BCUT2D eigenvalue weighted by atomic mass is 10.0. The van der Waals surface area contributed by atoms with Crippen LogP contribution in [0.25, 0.3) is 0 Å². The van der Waals surface area contributed by atoms with E-state index in [0.29, 0.717) is 0 Å². The Bertz CT molecular complexity index is 819. The quantitative estimate of drug-likeness (QED) is 0.845. The van der Waals surface area contributed by atoms with Gasteiger partial charge in [0.25, 0.3) is 0 Å². The van der Waals surface area contributed by atoms with Crippen molar-refractivity contribution in [1.82, 2.24) is 9.97 Å². The van der Waals surface area contributed by atoms with Gasteiger partial charge in [-0.15, -0.1) is 0 Å². The van der Waals surface area contributed by atoms with Crippen LogP contribution in [-0.4, -0.2) is 48.5 Å². The summed E-state index contributed by atoms with van der Waals surface area (Å²) in [6, 6.07) is 8.32. The lowest BCUT2D eigenvalue weighted by molar-refractivity contribution is 0.411. The number of rotatable bonds is 3. The standard InChI is InChI=1S/C20H28N6/c1-14-23(5)16-9-7-11-21-18(16)25(14)13-20(3,4)26-15(2)24(6)17-10-8-12-22-19(17)26/h7-12,14-15H,13H2,1-6H3/t14-,15+/m0/s1. The maximum Gasteiger partial charge on any atom is 0.154 e. The topological polar surface area (TPSA) is 38.7 Å². The van der Waals surface area contributed by atoms with Gasteiger partial charge in [0.1, 0.15) is 6.17 Å². The van der Waals surface area contributed by atoms with Gasteiger partial charge in [-0.2, -0.15) is 0 Å². The van der Waals surface area contributed by atoms with Crippen molar-refractivity contribution in [2.75, 3.05) is 40.2 Å². The molecule has 0 radical (unpaired) electrons. The van der Waals surface area contributed by atoms with Gasteiger partial charge in [-0.3, -0.25) is 0 Å². The van der Waals surface area contributed by atoms with E-state index in [2.05, 4.69) is 78.5 Å². The Kier molecular flexibility index (Phi) is 3.75. The zero-order valence-corrected chi connectivity index (χ0v) is 16.5. The van der Waals surface area contributed by atoms with Crippen LogP contribution in [0.2, 0.25) is 0 Å². The molecule has 26 heavy (non-hydrogen) atoms. The molecule has 2 aliphatic rings. The van der Waals surface area contributed by atoms with Crippen molar-refractivity contribution in [3.8, 4) is 0 Å². The summed E-state index contributed by atoms with van der Waals surface area (Å²) < 4.78 is 0. The van der Waals surface area contributed by atoms with Gasteiger partial charge >= 0.3 is 0 Å². The molecule has 138 valence electrons. The number of anilines is 4. The third-order valence-electron chi connectivity index (χ3n) is 5.95. The third kappa shape index (κ3) is 2.31. The zero-order valence-electron chi connectivity index (χ0n) is 16.5. The van der Waals surface area contributed by atoms with E-state index in [-0.39, 0.29) is 17.9 Å². The molecule has 0 fully saturated rings. The van der Waals surface area contributed by atoms with E-state index in [4.69, 9.17) is 4.98 Å². The Balaban J connectivity index is 1.68. The second kappa shape index (κ2) is 5.76. The lowest BCUT2D eigenvalue weighted by Crippen LogP contribution is -2.58. The highest BCUT2D eigenvalue weighted by atomic mass is 15.5. The fraction of sp³-hybridized carbons (Fsp3) is 0.500. The van der Waals surface area contributed by atoms with Gasteiger partial charge in [0, 0.05) is 33.0 Å². The monoisotopic (exact) mass is 352 g/mol. The molecule has 4 rings (SSSR count). The SMILES string of the molecule is C[C@@H]1N(C)c2cccnc2N1C(C)(C)CN1c2ncccc2N(C)[C@@H]1C. The molecule has 0 aliphatic carbocycles. The van der Waals surface area contributed by atoms with E-state index < -0.39 is 0 Å². The Labute approximate surface area is 156 Å². The summed E-state index contributed by atoms with van der Waals surface area (Å²) in [5.74, 6) is 2.13. The minimum absolute atomic E-state index is 0.110. The maximum atomic E-state index is 4.70. The molecule has 2 aliphatic heterocycles. The molecule has 2 aromatic heterocycles. The summed E-state index contributed by atoms with van der Waals surface area (Å²) >= 11 is 0. The number of nitrogens with zero attached hydrogens (tertiary/aromatic N) is 6. The van der Waals surface area contributed by atoms with Crippen LogP contribution in [0.1, 0.15) is 27.7 Å². The van der Waals surface area contributed by atoms with Crippen molar-refractivity contribution >= 4 is 23.0 Å². The minimum Gasteiger partial charge on any atom is -0.352 e. The normalized spacial score (nSPS) is 22.1. The largest absolute Gasteiger partial charge is 0.352 e. The van der Waals surface area contributed by atoms with Crippen LogP contribution >= 0.6 is 0 Å². The molecule has 6 heteroatoms. The van der Waals surface area contributed by atoms with Crippen LogP contribution in [0.5, 0.6) is 0 Å². The number of fused-ring (bicyclic) bond motifs is 2. The first-order chi connectivity index (χ1) is 12.3. The second-order valence-corrected chi connectivity index (χ2v) is 7.99. The van der Waals surface area contributed by atoms with Crippen LogP contribution in [0.15, 0.2) is 36.7 Å². The average Bonchev–Trinajstić information content (AvgIpc) is 3.02. The van der Waals surface area contributed by atoms with Gasteiger partial charge in [-0.05, 0) is 52.0 Å². The maximum absolute atomic E-state index is 4.70. The number of hydrogen-bond acceptors (Lipinski definition) is 6. The molecule has 0 amide bonds. The Morgan fingerprint density at radius 2 is 1.42 bits per heavy atom. The summed E-state index contributed by atoms with van der Waals surface area (Å²) in [4.78, 5) is 18.8. The molecule has 0 spiro atoms. The molecule has 0 aromatic carbocycles. The summed E-state index contributed by atoms with van der Waals surface area (Å²) in [6.07, 6.45) is 4.30. The molecule has 0 N–H and O–H groups in total. The first kappa shape index (κ1) is 16.9. The van der Waals surface area contributed by atoms with Crippen LogP contribution in [-0.2, 0) is 0 Å². The summed E-state index contributed by atoms with van der Waals surface area (Å²) in [7, 11) is 4.28. The summed E-state index contributed by atoms with van der Waals surface area (Å²) in [5.41, 5.74) is 2.28. The molecule has 4 heterocycles. The van der Waals surface area contributed by atoms with E-state index in [9.17, 15) is 0 Å². The molecule has 0 bridgehead atoms. The van der Waals surface area contributed by atoms with Crippen molar-refractivity contribution in [2.24, 2.45) is 0 Å². The van der Waals surface area contributed by atoms with Crippen molar-refractivity contribution < 1.29 is 0 Å². The van der Waals surface area contributed by atoms with E-state index in [1.165, 1.54) is 11.4 Å². The van der Waals surface area contributed by atoms with Gasteiger partial charge in [-0.1, -0.05) is 0 Å². The summed E-state index contributed by atoms with van der Waals surface area (Å²) in [6.45, 7) is 9.96. The number of hydrogen-bond donors (Lipinski definition) is 0. The molecule has 0 saturated heterocycles. The fourth-order valence-corrected chi connectivity index (χ4v) is 4.37. The number of aromatic nitrogens is 2. The van der Waals surface area contributed by atoms with Gasteiger partial charge in [0.15, 0.2) is 11.6 Å². The van der Waals surface area contributed by atoms with Crippen molar-refractivity contribution in [3.63, 3.8) is 0 Å². The van der Waals surface area contributed by atoms with Gasteiger partial charge in [0.2, 0.25) is 0 Å². The van der Waals surface area contributed by atoms with Crippen LogP contribution in [0.4, 0.5) is 23.0 Å². The highest BCUT2D eigenvalue weighted by Gasteiger charge is 2.44. The van der Waals surface area contributed by atoms with E-state index in [0.717, 1.165) is 18.2 Å². The van der Waals surface area contributed by atoms with Crippen molar-refractivity contribution in [2.45, 2.75) is 45.6 Å². The lowest BCUT2D eigenvalue weighted by Gasteiger charge is -2.44. The molecule has 0 saturated carbocycles. The Morgan fingerprint density at radius 1 is 0.885 bits per heavy atom. The molecule has 6 nitrogen and oxygen atoms in total. The Hall–Kier alpha value is -2.50.